The first-order valence-corrected chi connectivity index (χ1v) is 9.03. The molecule has 130 valence electrons. The van der Waals surface area contributed by atoms with Crippen LogP contribution < -0.4 is 9.47 Å². The lowest BCUT2D eigenvalue weighted by Crippen LogP contribution is -2.03. The number of hydrogen-bond donors (Lipinski definition) is 0. The van der Waals surface area contributed by atoms with Gasteiger partial charge in [-0.3, -0.25) is 0 Å². The maximum Gasteiger partial charge on any atom is 0.191 e. The number of nitrogens with zero attached hydrogens (tertiary/aromatic N) is 3. The molecule has 0 atom stereocenters. The lowest BCUT2D eigenvalue weighted by Gasteiger charge is -2.09. The summed E-state index contributed by atoms with van der Waals surface area (Å²) in [6, 6.07) is 15.8. The molecule has 0 aliphatic heterocycles. The zero-order valence-electron chi connectivity index (χ0n) is 14.6. The molecular formula is C19H21N3O2S. The van der Waals surface area contributed by atoms with Gasteiger partial charge in [0.05, 0.1) is 19.3 Å². The summed E-state index contributed by atoms with van der Waals surface area (Å²) in [4.78, 5) is 0. The van der Waals surface area contributed by atoms with E-state index in [4.69, 9.17) is 9.47 Å². The fourth-order valence-electron chi connectivity index (χ4n) is 2.51. The number of rotatable bonds is 7. The standard InChI is InChI=1S/C19H21N3O2S/c1-14-8-4-6-10-16(14)24-12-13-25-19-21-20-18(22(19)2)15-9-5-7-11-17(15)23-3/h4-11H,12-13H2,1-3H3. The maximum atomic E-state index is 5.83. The topological polar surface area (TPSA) is 49.2 Å². The van der Waals surface area contributed by atoms with Crippen molar-refractivity contribution >= 4 is 11.8 Å². The average molecular weight is 355 g/mol. The number of para-hydroxylation sites is 2. The smallest absolute Gasteiger partial charge is 0.191 e. The third-order valence-corrected chi connectivity index (χ3v) is 4.83. The van der Waals surface area contributed by atoms with E-state index in [1.54, 1.807) is 18.9 Å². The van der Waals surface area contributed by atoms with Crippen LogP contribution in [0, 0.1) is 6.92 Å². The molecule has 0 aliphatic rings. The Kier molecular flexibility index (Phi) is 5.60. The van der Waals surface area contributed by atoms with Crippen molar-refractivity contribution in [1.82, 2.24) is 14.8 Å². The third kappa shape index (κ3) is 3.96. The third-order valence-electron chi connectivity index (χ3n) is 3.85. The normalized spacial score (nSPS) is 10.7. The molecule has 25 heavy (non-hydrogen) atoms. The summed E-state index contributed by atoms with van der Waals surface area (Å²) in [7, 11) is 3.63. The Morgan fingerprint density at radius 2 is 1.72 bits per heavy atom. The van der Waals surface area contributed by atoms with Gasteiger partial charge in [0, 0.05) is 12.8 Å². The zero-order valence-corrected chi connectivity index (χ0v) is 15.4. The molecule has 0 fully saturated rings. The number of ether oxygens (including phenoxy) is 2. The van der Waals surface area contributed by atoms with Crippen molar-refractivity contribution in [3.8, 4) is 22.9 Å². The number of methoxy groups -OCH3 is 1. The Morgan fingerprint density at radius 1 is 1.00 bits per heavy atom. The van der Waals surface area contributed by atoms with E-state index < -0.39 is 0 Å². The molecule has 0 spiro atoms. The van der Waals surface area contributed by atoms with E-state index >= 15 is 0 Å². The highest BCUT2D eigenvalue weighted by Gasteiger charge is 2.14. The van der Waals surface area contributed by atoms with E-state index in [9.17, 15) is 0 Å². The van der Waals surface area contributed by atoms with Gasteiger partial charge in [0.1, 0.15) is 11.5 Å². The van der Waals surface area contributed by atoms with Crippen molar-refractivity contribution in [2.45, 2.75) is 12.1 Å². The molecule has 2 aromatic carbocycles. The Labute approximate surface area is 152 Å². The van der Waals surface area contributed by atoms with E-state index in [1.807, 2.05) is 67.1 Å². The summed E-state index contributed by atoms with van der Waals surface area (Å²) in [6.07, 6.45) is 0. The van der Waals surface area contributed by atoms with Gasteiger partial charge in [-0.05, 0) is 30.7 Å². The van der Waals surface area contributed by atoms with Gasteiger partial charge in [-0.15, -0.1) is 10.2 Å². The Bertz CT molecular complexity index is 848. The molecule has 5 nitrogen and oxygen atoms in total. The first-order valence-electron chi connectivity index (χ1n) is 8.04. The molecule has 3 aromatic rings. The Hall–Kier alpha value is -2.47. The second-order valence-corrected chi connectivity index (χ2v) is 6.59. The number of thioether (sulfide) groups is 1. The molecule has 0 saturated carbocycles. The van der Waals surface area contributed by atoms with Crippen LogP contribution in [-0.4, -0.2) is 34.2 Å². The van der Waals surface area contributed by atoms with E-state index in [1.165, 1.54) is 0 Å². The fourth-order valence-corrected chi connectivity index (χ4v) is 3.24. The molecule has 0 saturated heterocycles. The van der Waals surface area contributed by atoms with Crippen LogP contribution in [0.1, 0.15) is 5.56 Å². The van der Waals surface area contributed by atoms with Crippen LogP contribution in [0.25, 0.3) is 11.4 Å². The monoisotopic (exact) mass is 355 g/mol. The average Bonchev–Trinajstić information content (AvgIpc) is 3.00. The van der Waals surface area contributed by atoms with Crippen LogP contribution in [0.5, 0.6) is 11.5 Å². The highest BCUT2D eigenvalue weighted by molar-refractivity contribution is 7.99. The Morgan fingerprint density at radius 3 is 2.48 bits per heavy atom. The van der Waals surface area contributed by atoms with E-state index in [-0.39, 0.29) is 0 Å². The minimum Gasteiger partial charge on any atom is -0.496 e. The summed E-state index contributed by atoms with van der Waals surface area (Å²) >= 11 is 1.62. The number of aromatic nitrogens is 3. The highest BCUT2D eigenvalue weighted by Crippen LogP contribution is 2.30. The second-order valence-electron chi connectivity index (χ2n) is 5.53. The van der Waals surface area contributed by atoms with Crippen molar-refractivity contribution in [2.75, 3.05) is 19.5 Å². The summed E-state index contributed by atoms with van der Waals surface area (Å²) in [5.41, 5.74) is 2.08. The summed E-state index contributed by atoms with van der Waals surface area (Å²) in [5, 5.41) is 9.47. The predicted molar refractivity (Wildman–Crippen MR) is 100 cm³/mol. The van der Waals surface area contributed by atoms with Gasteiger partial charge in [-0.1, -0.05) is 42.1 Å². The molecule has 0 amide bonds. The van der Waals surface area contributed by atoms with Gasteiger partial charge in [-0.25, -0.2) is 0 Å². The zero-order chi connectivity index (χ0) is 17.6. The summed E-state index contributed by atoms with van der Waals surface area (Å²) in [6.45, 7) is 2.66. The second kappa shape index (κ2) is 8.07. The molecule has 0 bridgehead atoms. The first-order chi connectivity index (χ1) is 12.2. The van der Waals surface area contributed by atoms with Crippen LogP contribution in [0.4, 0.5) is 0 Å². The van der Waals surface area contributed by atoms with Crippen LogP contribution >= 0.6 is 11.8 Å². The number of aryl methyl sites for hydroxylation is 1. The molecule has 6 heteroatoms. The van der Waals surface area contributed by atoms with Gasteiger partial charge in [0.2, 0.25) is 0 Å². The number of hydrogen-bond acceptors (Lipinski definition) is 5. The molecule has 3 rings (SSSR count). The molecule has 0 radical (unpaired) electrons. The lowest BCUT2D eigenvalue weighted by atomic mass is 10.2. The molecule has 0 aliphatic carbocycles. The molecular weight excluding hydrogens is 334 g/mol. The van der Waals surface area contributed by atoms with Crippen LogP contribution in [-0.2, 0) is 7.05 Å². The quantitative estimate of drug-likeness (QED) is 0.474. The van der Waals surface area contributed by atoms with Crippen LogP contribution in [0.2, 0.25) is 0 Å². The largest absolute Gasteiger partial charge is 0.496 e. The SMILES string of the molecule is COc1ccccc1-c1nnc(SCCOc2ccccc2C)n1C. The maximum absolute atomic E-state index is 5.83. The van der Waals surface area contributed by atoms with Gasteiger partial charge in [0.25, 0.3) is 0 Å². The van der Waals surface area contributed by atoms with Gasteiger partial charge in [0.15, 0.2) is 11.0 Å². The molecule has 1 heterocycles. The van der Waals surface area contributed by atoms with E-state index in [0.717, 1.165) is 39.4 Å². The van der Waals surface area contributed by atoms with Crippen molar-refractivity contribution in [3.05, 3.63) is 54.1 Å². The number of benzene rings is 2. The minimum atomic E-state index is 0.617. The Balaban J connectivity index is 1.63. The van der Waals surface area contributed by atoms with Gasteiger partial charge < -0.3 is 14.0 Å². The highest BCUT2D eigenvalue weighted by atomic mass is 32.2. The van der Waals surface area contributed by atoms with Crippen LogP contribution in [0.3, 0.4) is 0 Å². The fraction of sp³-hybridized carbons (Fsp3) is 0.263. The lowest BCUT2D eigenvalue weighted by molar-refractivity contribution is 0.341. The van der Waals surface area contributed by atoms with Crippen molar-refractivity contribution < 1.29 is 9.47 Å². The van der Waals surface area contributed by atoms with Crippen molar-refractivity contribution in [1.29, 1.82) is 0 Å². The van der Waals surface area contributed by atoms with Gasteiger partial charge in [-0.2, -0.15) is 0 Å². The van der Waals surface area contributed by atoms with E-state index in [0.29, 0.717) is 6.61 Å². The van der Waals surface area contributed by atoms with Crippen molar-refractivity contribution in [2.24, 2.45) is 7.05 Å². The van der Waals surface area contributed by atoms with E-state index in [2.05, 4.69) is 10.2 Å². The predicted octanol–water partition coefficient (Wildman–Crippen LogP) is 3.97. The van der Waals surface area contributed by atoms with Crippen molar-refractivity contribution in [3.63, 3.8) is 0 Å². The molecule has 1 aromatic heterocycles. The molecule has 0 unspecified atom stereocenters. The van der Waals surface area contributed by atoms with Gasteiger partial charge >= 0.3 is 0 Å². The molecule has 0 N–H and O–H groups in total. The minimum absolute atomic E-state index is 0.617. The summed E-state index contributed by atoms with van der Waals surface area (Å²) < 4.78 is 13.2. The van der Waals surface area contributed by atoms with Crippen LogP contribution in [0.15, 0.2) is 53.7 Å². The summed E-state index contributed by atoms with van der Waals surface area (Å²) in [5.74, 6) is 3.31. The first kappa shape index (κ1) is 17.4.